The molecule has 1 aromatic carbocycles. The lowest BCUT2D eigenvalue weighted by atomic mass is 10.3. The molecule has 0 radical (unpaired) electrons. The molecule has 0 aliphatic heterocycles. The summed E-state index contributed by atoms with van der Waals surface area (Å²) in [5, 5.41) is 1.10. The predicted molar refractivity (Wildman–Crippen MR) is 84.3 cm³/mol. The summed E-state index contributed by atoms with van der Waals surface area (Å²) in [6.45, 7) is 1.27. The lowest BCUT2D eigenvalue weighted by Gasteiger charge is -2.19. The summed E-state index contributed by atoms with van der Waals surface area (Å²) in [7, 11) is 0. The van der Waals surface area contributed by atoms with E-state index >= 15 is 0 Å². The Morgan fingerprint density at radius 2 is 1.89 bits per heavy atom. The molecule has 13 heteroatoms. The Labute approximate surface area is 156 Å². The minimum Gasteiger partial charge on any atom is -0.427 e. The van der Waals surface area contributed by atoms with Crippen LogP contribution in [0, 0.1) is 6.92 Å². The van der Waals surface area contributed by atoms with E-state index in [4.69, 9.17) is 0 Å². The van der Waals surface area contributed by atoms with Gasteiger partial charge in [0.05, 0.1) is 10.7 Å². The molecule has 0 saturated heterocycles. The largest absolute Gasteiger partial charge is 0.444 e. The van der Waals surface area contributed by atoms with Crippen LogP contribution >= 0.6 is 22.9 Å². The standard InChI is InChI=1S/C14H9ClF6N2O3S/c1-6-22-9(13(17,18)19)10(27-6)25-12(24)23-7-4-2-3-5-8(7)26-14(20,21)11(15)16/h2-5,11H,1H3,(H,23,24). The first kappa shape index (κ1) is 21.1. The van der Waals surface area contributed by atoms with Crippen LogP contribution in [-0.4, -0.2) is 22.8 Å². The quantitative estimate of drug-likeness (QED) is 0.492. The molecule has 0 spiro atoms. The van der Waals surface area contributed by atoms with Crippen molar-refractivity contribution in [3.8, 4) is 10.8 Å². The van der Waals surface area contributed by atoms with Crippen molar-refractivity contribution in [1.82, 2.24) is 4.98 Å². The van der Waals surface area contributed by atoms with Gasteiger partial charge >= 0.3 is 18.4 Å². The monoisotopic (exact) mass is 434 g/mol. The van der Waals surface area contributed by atoms with E-state index in [2.05, 4.69) is 26.1 Å². The van der Waals surface area contributed by atoms with Gasteiger partial charge in [0.15, 0.2) is 5.69 Å². The van der Waals surface area contributed by atoms with Gasteiger partial charge in [0.1, 0.15) is 5.75 Å². The maximum absolute atomic E-state index is 13.3. The Kier molecular flexibility index (Phi) is 6.10. The van der Waals surface area contributed by atoms with Crippen LogP contribution in [0.25, 0.3) is 0 Å². The first-order valence-corrected chi connectivity index (χ1v) is 8.13. The van der Waals surface area contributed by atoms with E-state index in [1.165, 1.54) is 19.1 Å². The highest BCUT2D eigenvalue weighted by Gasteiger charge is 2.43. The van der Waals surface area contributed by atoms with Gasteiger partial charge in [0.25, 0.3) is 5.63 Å². The second-order valence-electron chi connectivity index (χ2n) is 4.84. The molecule has 1 heterocycles. The van der Waals surface area contributed by atoms with Crippen LogP contribution in [0.15, 0.2) is 24.3 Å². The van der Waals surface area contributed by atoms with Crippen LogP contribution in [0.5, 0.6) is 10.8 Å². The van der Waals surface area contributed by atoms with Crippen molar-refractivity contribution in [2.45, 2.75) is 24.8 Å². The lowest BCUT2D eigenvalue weighted by molar-refractivity contribution is -0.198. The van der Waals surface area contributed by atoms with E-state index in [1.807, 2.05) is 5.32 Å². The molecule has 0 aliphatic carbocycles. The molecule has 1 unspecified atom stereocenters. The summed E-state index contributed by atoms with van der Waals surface area (Å²) < 4.78 is 86.5. The Morgan fingerprint density at radius 1 is 1.26 bits per heavy atom. The molecular formula is C14H9ClF6N2O3S. The van der Waals surface area contributed by atoms with Gasteiger partial charge in [-0.15, -0.1) is 0 Å². The molecule has 0 bridgehead atoms. The number of halogens is 7. The zero-order chi connectivity index (χ0) is 20.4. The highest BCUT2D eigenvalue weighted by molar-refractivity contribution is 7.13. The van der Waals surface area contributed by atoms with Gasteiger partial charge in [-0.3, -0.25) is 5.32 Å². The van der Waals surface area contributed by atoms with Crippen molar-refractivity contribution >= 4 is 34.7 Å². The number of nitrogens with zero attached hydrogens (tertiary/aromatic N) is 1. The topological polar surface area (TPSA) is 60.5 Å². The van der Waals surface area contributed by atoms with Crippen molar-refractivity contribution in [3.05, 3.63) is 35.0 Å². The first-order valence-electron chi connectivity index (χ1n) is 6.87. The summed E-state index contributed by atoms with van der Waals surface area (Å²) in [6.07, 6.45) is -10.7. The number of nitrogens with one attached hydrogen (secondary N) is 1. The van der Waals surface area contributed by atoms with Crippen LogP contribution in [0.1, 0.15) is 10.7 Å². The van der Waals surface area contributed by atoms with Crippen molar-refractivity contribution in [1.29, 1.82) is 0 Å². The summed E-state index contributed by atoms with van der Waals surface area (Å²) in [4.78, 5) is 15.1. The molecule has 1 N–H and O–H groups in total. The van der Waals surface area contributed by atoms with Crippen molar-refractivity contribution in [2.24, 2.45) is 0 Å². The molecule has 1 amide bonds. The fourth-order valence-corrected chi connectivity index (χ4v) is 2.55. The number of anilines is 1. The maximum Gasteiger partial charge on any atom is 0.444 e. The molecule has 0 aliphatic rings. The summed E-state index contributed by atoms with van der Waals surface area (Å²) in [5.74, 6) is -0.681. The van der Waals surface area contributed by atoms with Crippen molar-refractivity contribution < 1.29 is 40.6 Å². The van der Waals surface area contributed by atoms with Crippen LogP contribution in [0.3, 0.4) is 0 Å². The predicted octanol–water partition coefficient (Wildman–Crippen LogP) is 5.59. The van der Waals surface area contributed by atoms with Crippen LogP contribution in [-0.2, 0) is 6.18 Å². The number of para-hydroxylation sites is 2. The number of thiazole rings is 1. The number of carbonyl (C=O) groups is 1. The van der Waals surface area contributed by atoms with E-state index in [0.29, 0.717) is 11.3 Å². The minimum absolute atomic E-state index is 0.00963. The number of hydrogen-bond acceptors (Lipinski definition) is 5. The Bertz CT molecular complexity index is 827. The Balaban J connectivity index is 2.18. The average molecular weight is 435 g/mol. The second-order valence-corrected chi connectivity index (χ2v) is 6.39. The number of ether oxygens (including phenoxy) is 2. The van der Waals surface area contributed by atoms with Gasteiger partial charge in [-0.2, -0.15) is 22.0 Å². The number of rotatable bonds is 5. The number of carbonyl (C=O) groups excluding carboxylic acids is 1. The van der Waals surface area contributed by atoms with Crippen molar-refractivity contribution in [2.75, 3.05) is 5.32 Å². The molecule has 1 atom stereocenters. The Morgan fingerprint density at radius 3 is 2.48 bits per heavy atom. The zero-order valence-electron chi connectivity index (χ0n) is 13.1. The average Bonchev–Trinajstić information content (AvgIpc) is 2.89. The van der Waals surface area contributed by atoms with E-state index < -0.39 is 46.2 Å². The smallest absolute Gasteiger partial charge is 0.427 e. The zero-order valence-corrected chi connectivity index (χ0v) is 14.7. The molecule has 2 aromatic rings. The molecule has 0 fully saturated rings. The Hall–Kier alpha value is -2.21. The highest BCUT2D eigenvalue weighted by Crippen LogP contribution is 2.40. The van der Waals surface area contributed by atoms with Gasteiger partial charge in [0.2, 0.25) is 5.06 Å². The van der Waals surface area contributed by atoms with Crippen LogP contribution < -0.4 is 14.8 Å². The molecule has 5 nitrogen and oxygen atoms in total. The molecule has 148 valence electrons. The van der Waals surface area contributed by atoms with Gasteiger partial charge in [-0.1, -0.05) is 35.1 Å². The fraction of sp³-hybridized carbons (Fsp3) is 0.286. The fourth-order valence-electron chi connectivity index (χ4n) is 1.73. The number of aryl methyl sites for hydroxylation is 1. The minimum atomic E-state index is -4.86. The molecule has 1 aromatic heterocycles. The number of benzene rings is 1. The van der Waals surface area contributed by atoms with Gasteiger partial charge in [0, 0.05) is 0 Å². The highest BCUT2D eigenvalue weighted by atomic mass is 35.5. The third kappa shape index (κ3) is 5.39. The number of hydrogen-bond donors (Lipinski definition) is 1. The number of aromatic nitrogens is 1. The second kappa shape index (κ2) is 7.80. The van der Waals surface area contributed by atoms with Crippen molar-refractivity contribution in [3.63, 3.8) is 0 Å². The first-order chi connectivity index (χ1) is 12.4. The van der Waals surface area contributed by atoms with E-state index in [1.54, 1.807) is 0 Å². The van der Waals surface area contributed by atoms with Crippen LogP contribution in [0.4, 0.5) is 36.8 Å². The molecule has 27 heavy (non-hydrogen) atoms. The third-order valence-corrected chi connectivity index (χ3v) is 3.88. The summed E-state index contributed by atoms with van der Waals surface area (Å²) in [5.41, 5.74) is -4.99. The van der Waals surface area contributed by atoms with Crippen LogP contribution in [0.2, 0.25) is 0 Å². The van der Waals surface area contributed by atoms with E-state index in [-0.39, 0.29) is 5.01 Å². The maximum atomic E-state index is 13.3. The third-order valence-electron chi connectivity index (χ3n) is 2.78. The number of alkyl halides is 7. The SMILES string of the molecule is Cc1nc(C(F)(F)F)c(OC(=O)Nc2ccccc2OC(F)(F)C(F)Cl)s1. The van der Waals surface area contributed by atoms with Gasteiger partial charge < -0.3 is 9.47 Å². The summed E-state index contributed by atoms with van der Waals surface area (Å²) in [6, 6.07) is 4.57. The van der Waals surface area contributed by atoms with E-state index in [9.17, 15) is 31.1 Å². The number of amides is 1. The van der Waals surface area contributed by atoms with Gasteiger partial charge in [-0.25, -0.2) is 14.2 Å². The van der Waals surface area contributed by atoms with Gasteiger partial charge in [-0.05, 0) is 19.1 Å². The molecular weight excluding hydrogens is 426 g/mol. The van der Waals surface area contributed by atoms with E-state index in [0.717, 1.165) is 12.1 Å². The summed E-state index contributed by atoms with van der Waals surface area (Å²) >= 11 is 5.15. The normalized spacial score (nSPS) is 13.2. The lowest BCUT2D eigenvalue weighted by Crippen LogP contribution is -2.33. The molecule has 0 saturated carbocycles. The molecule has 2 rings (SSSR count).